The highest BCUT2D eigenvalue weighted by Crippen LogP contribution is 2.25. The monoisotopic (exact) mass is 559 g/mol. The van der Waals surface area contributed by atoms with Crippen molar-refractivity contribution < 1.29 is 9.47 Å². The number of rotatable bonds is 8. The summed E-state index contributed by atoms with van der Waals surface area (Å²) in [6.45, 7) is 13.6. The van der Waals surface area contributed by atoms with Gasteiger partial charge in [0.25, 0.3) is 0 Å². The minimum Gasteiger partial charge on any atom is -0.381 e. The Hall–Kier alpha value is -0.940. The highest BCUT2D eigenvalue weighted by atomic mass is 127. The Bertz CT molecular complexity index is 689. The maximum atomic E-state index is 5.68. The molecule has 0 radical (unpaired) electrons. The first-order chi connectivity index (χ1) is 14.9. The van der Waals surface area contributed by atoms with Crippen LogP contribution in [-0.4, -0.2) is 81.6 Å². The molecular formula is C24H42IN5O2. The third-order valence-electron chi connectivity index (χ3n) is 6.65. The van der Waals surface area contributed by atoms with E-state index in [0.29, 0.717) is 0 Å². The van der Waals surface area contributed by atoms with E-state index in [0.717, 1.165) is 71.4 Å². The minimum atomic E-state index is -0.0230. The zero-order chi connectivity index (χ0) is 22.2. The van der Waals surface area contributed by atoms with E-state index in [-0.39, 0.29) is 41.1 Å². The van der Waals surface area contributed by atoms with E-state index in [4.69, 9.17) is 9.47 Å². The van der Waals surface area contributed by atoms with Crippen LogP contribution in [0.1, 0.15) is 45.2 Å². The van der Waals surface area contributed by atoms with Crippen molar-refractivity contribution in [3.05, 3.63) is 35.9 Å². The van der Waals surface area contributed by atoms with Gasteiger partial charge in [-0.2, -0.15) is 0 Å². The first kappa shape index (κ1) is 27.3. The van der Waals surface area contributed by atoms with Crippen LogP contribution in [0.5, 0.6) is 0 Å². The molecule has 0 aliphatic carbocycles. The van der Waals surface area contributed by atoms with Crippen molar-refractivity contribution in [2.24, 2.45) is 4.99 Å². The number of guanidine groups is 1. The third kappa shape index (κ3) is 7.83. The van der Waals surface area contributed by atoms with Gasteiger partial charge in [-0.1, -0.05) is 30.3 Å². The highest BCUT2D eigenvalue weighted by Gasteiger charge is 2.34. The van der Waals surface area contributed by atoms with Crippen molar-refractivity contribution in [2.45, 2.75) is 50.7 Å². The van der Waals surface area contributed by atoms with E-state index in [2.05, 4.69) is 76.9 Å². The Balaban J connectivity index is 0.00000363. The summed E-state index contributed by atoms with van der Waals surface area (Å²) in [7, 11) is 1.84. The molecule has 32 heavy (non-hydrogen) atoms. The molecule has 1 aromatic carbocycles. The molecule has 2 saturated heterocycles. The number of morpholine rings is 1. The smallest absolute Gasteiger partial charge is 0.191 e. The first-order valence-corrected chi connectivity index (χ1v) is 11.6. The molecule has 1 unspecified atom stereocenters. The highest BCUT2D eigenvalue weighted by molar-refractivity contribution is 14.0. The summed E-state index contributed by atoms with van der Waals surface area (Å²) in [5.41, 5.74) is 1.33. The quantitative estimate of drug-likeness (QED) is 0.259. The average Bonchev–Trinajstić information content (AvgIpc) is 2.81. The van der Waals surface area contributed by atoms with Crippen LogP contribution in [0.4, 0.5) is 0 Å². The standard InChI is InChI=1S/C24H41N5O2.HI/c1-20(21-8-6-5-7-9-21)28-24(10-14-30-15-11-24)19-27-22(25-4)26-18-23(2,3)29-12-16-31-17-13-29;/h5-9,20,28H,10-19H2,1-4H3,(H2,25,26,27);1H. The van der Waals surface area contributed by atoms with Crippen LogP contribution in [-0.2, 0) is 9.47 Å². The molecule has 2 aliphatic heterocycles. The Morgan fingerprint density at radius 3 is 2.31 bits per heavy atom. The fraction of sp³-hybridized carbons (Fsp3) is 0.708. The fourth-order valence-electron chi connectivity index (χ4n) is 4.47. The minimum absolute atomic E-state index is 0. The van der Waals surface area contributed by atoms with Crippen LogP contribution in [0, 0.1) is 0 Å². The molecular weight excluding hydrogens is 517 g/mol. The zero-order valence-corrected chi connectivity index (χ0v) is 22.5. The molecule has 1 atom stereocenters. The van der Waals surface area contributed by atoms with Gasteiger partial charge in [0.2, 0.25) is 0 Å². The van der Waals surface area contributed by atoms with Gasteiger partial charge in [0, 0.05) is 63.6 Å². The van der Waals surface area contributed by atoms with E-state index in [1.54, 1.807) is 0 Å². The second-order valence-electron chi connectivity index (χ2n) is 9.36. The lowest BCUT2D eigenvalue weighted by molar-refractivity contribution is -0.00836. The first-order valence-electron chi connectivity index (χ1n) is 11.6. The lowest BCUT2D eigenvalue weighted by Crippen LogP contribution is -2.60. The Morgan fingerprint density at radius 1 is 1.06 bits per heavy atom. The van der Waals surface area contributed by atoms with Gasteiger partial charge in [-0.3, -0.25) is 9.89 Å². The molecule has 7 nitrogen and oxygen atoms in total. The van der Waals surface area contributed by atoms with E-state index in [1.165, 1.54) is 5.56 Å². The number of halogens is 1. The summed E-state index contributed by atoms with van der Waals surface area (Å²) < 4.78 is 11.2. The molecule has 3 rings (SSSR count). The Morgan fingerprint density at radius 2 is 1.69 bits per heavy atom. The van der Waals surface area contributed by atoms with Gasteiger partial charge in [-0.25, -0.2) is 0 Å². The molecule has 2 heterocycles. The Kier molecular flexibility index (Phi) is 11.2. The predicted octanol–water partition coefficient (Wildman–Crippen LogP) is 2.78. The van der Waals surface area contributed by atoms with Crippen LogP contribution in [0.2, 0.25) is 0 Å². The number of hydrogen-bond acceptors (Lipinski definition) is 5. The summed E-state index contributed by atoms with van der Waals surface area (Å²) in [6.07, 6.45) is 1.96. The molecule has 0 saturated carbocycles. The molecule has 8 heteroatoms. The molecule has 0 spiro atoms. The van der Waals surface area contributed by atoms with Crippen LogP contribution in [0.15, 0.2) is 35.3 Å². The van der Waals surface area contributed by atoms with Gasteiger partial charge in [0.1, 0.15) is 0 Å². The number of benzene rings is 1. The van der Waals surface area contributed by atoms with Gasteiger partial charge < -0.3 is 25.4 Å². The summed E-state index contributed by atoms with van der Waals surface area (Å²) in [6, 6.07) is 10.9. The molecule has 2 aliphatic rings. The SMILES string of the molecule is CN=C(NCC1(NC(C)c2ccccc2)CCOCC1)NCC(C)(C)N1CCOCC1.I. The van der Waals surface area contributed by atoms with Gasteiger partial charge in [-0.05, 0) is 39.2 Å². The van der Waals surface area contributed by atoms with Crippen molar-refractivity contribution >= 4 is 29.9 Å². The van der Waals surface area contributed by atoms with Crippen LogP contribution in [0.25, 0.3) is 0 Å². The number of nitrogens with zero attached hydrogens (tertiary/aromatic N) is 2. The van der Waals surface area contributed by atoms with Crippen LogP contribution in [0.3, 0.4) is 0 Å². The molecule has 3 N–H and O–H groups in total. The maximum Gasteiger partial charge on any atom is 0.191 e. The lowest BCUT2D eigenvalue weighted by atomic mass is 9.88. The molecule has 0 amide bonds. The summed E-state index contributed by atoms with van der Waals surface area (Å²) in [4.78, 5) is 6.97. The number of hydrogen-bond donors (Lipinski definition) is 3. The molecule has 1 aromatic rings. The maximum absolute atomic E-state index is 5.68. The second kappa shape index (κ2) is 13.1. The summed E-state index contributed by atoms with van der Waals surface area (Å²) in [5.74, 6) is 0.848. The van der Waals surface area contributed by atoms with E-state index in [9.17, 15) is 0 Å². The normalized spacial score (nSPS) is 20.8. The van der Waals surface area contributed by atoms with Gasteiger partial charge >= 0.3 is 0 Å². The van der Waals surface area contributed by atoms with E-state index in [1.807, 2.05) is 7.05 Å². The average molecular weight is 560 g/mol. The van der Waals surface area contributed by atoms with Crippen LogP contribution < -0.4 is 16.0 Å². The van der Waals surface area contributed by atoms with E-state index < -0.39 is 0 Å². The zero-order valence-electron chi connectivity index (χ0n) is 20.2. The van der Waals surface area contributed by atoms with Crippen molar-refractivity contribution in [3.8, 4) is 0 Å². The predicted molar refractivity (Wildman–Crippen MR) is 142 cm³/mol. The van der Waals surface area contributed by atoms with Gasteiger partial charge in [-0.15, -0.1) is 24.0 Å². The van der Waals surface area contributed by atoms with Crippen LogP contribution >= 0.6 is 24.0 Å². The van der Waals surface area contributed by atoms with Crippen molar-refractivity contribution in [3.63, 3.8) is 0 Å². The molecule has 2 fully saturated rings. The largest absolute Gasteiger partial charge is 0.381 e. The molecule has 0 aromatic heterocycles. The number of ether oxygens (including phenoxy) is 2. The number of aliphatic imine (C=N–C) groups is 1. The number of nitrogens with one attached hydrogen (secondary N) is 3. The summed E-state index contributed by atoms with van der Waals surface area (Å²) in [5, 5.41) is 11.0. The lowest BCUT2D eigenvalue weighted by Gasteiger charge is -2.42. The van der Waals surface area contributed by atoms with Gasteiger partial charge in [0.05, 0.1) is 13.2 Å². The topological polar surface area (TPSA) is 70.2 Å². The van der Waals surface area contributed by atoms with Crippen molar-refractivity contribution in [1.82, 2.24) is 20.9 Å². The van der Waals surface area contributed by atoms with E-state index >= 15 is 0 Å². The third-order valence-corrected chi connectivity index (χ3v) is 6.65. The summed E-state index contributed by atoms with van der Waals surface area (Å²) >= 11 is 0. The fourth-order valence-corrected chi connectivity index (χ4v) is 4.47. The molecule has 182 valence electrons. The van der Waals surface area contributed by atoms with Gasteiger partial charge in [0.15, 0.2) is 5.96 Å². The van der Waals surface area contributed by atoms with Crippen molar-refractivity contribution in [2.75, 3.05) is 59.7 Å². The Labute approximate surface area is 211 Å². The van der Waals surface area contributed by atoms with Crippen molar-refractivity contribution in [1.29, 1.82) is 0 Å². The molecule has 0 bridgehead atoms. The second-order valence-corrected chi connectivity index (χ2v) is 9.36.